The average molecular weight is 220 g/mol. The number of nitrogens with zero attached hydrogens (tertiary/aromatic N) is 2. The summed E-state index contributed by atoms with van der Waals surface area (Å²) in [5.41, 5.74) is 1.33. The van der Waals surface area contributed by atoms with Crippen LogP contribution in [0.1, 0.15) is 70.6 Å². The fourth-order valence-corrected chi connectivity index (χ4v) is 2.80. The largest absolute Gasteiger partial charge is 0.164 e. The van der Waals surface area contributed by atoms with Crippen LogP contribution in [0.5, 0.6) is 0 Å². The molecule has 90 valence electrons. The maximum Gasteiger partial charge on any atom is 0.0405 e. The SMILES string of the molecule is C(CC1CCCCC1)=NN=C1CCCCC1. The van der Waals surface area contributed by atoms with E-state index in [-0.39, 0.29) is 0 Å². The summed E-state index contributed by atoms with van der Waals surface area (Å²) in [6.07, 6.45) is 16.7. The van der Waals surface area contributed by atoms with Crippen LogP contribution in [0, 0.1) is 5.92 Å². The van der Waals surface area contributed by atoms with Gasteiger partial charge in [0.2, 0.25) is 0 Å². The number of rotatable bonds is 3. The Morgan fingerprint density at radius 2 is 1.62 bits per heavy atom. The minimum Gasteiger partial charge on any atom is -0.164 e. The second-order valence-electron chi connectivity index (χ2n) is 5.26. The van der Waals surface area contributed by atoms with Crippen LogP contribution in [0.3, 0.4) is 0 Å². The summed E-state index contributed by atoms with van der Waals surface area (Å²) in [4.78, 5) is 0. The molecule has 0 unspecified atom stereocenters. The van der Waals surface area contributed by atoms with Crippen molar-refractivity contribution in [2.75, 3.05) is 0 Å². The van der Waals surface area contributed by atoms with Gasteiger partial charge in [0.25, 0.3) is 0 Å². The van der Waals surface area contributed by atoms with Gasteiger partial charge in [0, 0.05) is 11.9 Å². The molecule has 0 aromatic rings. The first-order valence-corrected chi connectivity index (χ1v) is 7.02. The third-order valence-corrected chi connectivity index (χ3v) is 3.88. The minimum absolute atomic E-state index is 0.893. The number of hydrogen-bond donors (Lipinski definition) is 0. The molecule has 0 N–H and O–H groups in total. The molecule has 0 aliphatic heterocycles. The Morgan fingerprint density at radius 1 is 0.938 bits per heavy atom. The van der Waals surface area contributed by atoms with Crippen molar-refractivity contribution in [3.05, 3.63) is 0 Å². The van der Waals surface area contributed by atoms with Crippen molar-refractivity contribution in [2.45, 2.75) is 70.6 Å². The van der Waals surface area contributed by atoms with Crippen LogP contribution in [0.4, 0.5) is 0 Å². The first kappa shape index (κ1) is 11.8. The summed E-state index contributed by atoms with van der Waals surface area (Å²) in [6, 6.07) is 0. The quantitative estimate of drug-likeness (QED) is 0.499. The van der Waals surface area contributed by atoms with Gasteiger partial charge in [-0.25, -0.2) is 0 Å². The fourth-order valence-electron chi connectivity index (χ4n) is 2.80. The minimum atomic E-state index is 0.893. The van der Waals surface area contributed by atoms with E-state index < -0.39 is 0 Å². The van der Waals surface area contributed by atoms with Crippen molar-refractivity contribution in [3.63, 3.8) is 0 Å². The molecule has 2 fully saturated rings. The van der Waals surface area contributed by atoms with Crippen LogP contribution in [-0.4, -0.2) is 11.9 Å². The lowest BCUT2D eigenvalue weighted by molar-refractivity contribution is 0.370. The first-order valence-electron chi connectivity index (χ1n) is 7.02. The van der Waals surface area contributed by atoms with E-state index in [1.807, 2.05) is 0 Å². The lowest BCUT2D eigenvalue weighted by atomic mass is 9.87. The molecule has 0 atom stereocenters. The fraction of sp³-hybridized carbons (Fsp3) is 0.857. The Bertz CT molecular complexity index is 241. The predicted octanol–water partition coefficient (Wildman–Crippen LogP) is 4.35. The van der Waals surface area contributed by atoms with Gasteiger partial charge in [-0.05, 0) is 38.0 Å². The summed E-state index contributed by atoms with van der Waals surface area (Å²) in [5.74, 6) is 0.893. The zero-order valence-corrected chi connectivity index (χ0v) is 10.3. The van der Waals surface area contributed by atoms with Crippen LogP contribution in [-0.2, 0) is 0 Å². The van der Waals surface area contributed by atoms with Crippen LogP contribution in [0.2, 0.25) is 0 Å². The third-order valence-electron chi connectivity index (χ3n) is 3.88. The Morgan fingerprint density at radius 3 is 2.38 bits per heavy atom. The summed E-state index contributed by atoms with van der Waals surface area (Å²) < 4.78 is 0. The van der Waals surface area contributed by atoms with Crippen molar-refractivity contribution < 1.29 is 0 Å². The molecule has 2 rings (SSSR count). The van der Waals surface area contributed by atoms with Gasteiger partial charge in [0.15, 0.2) is 0 Å². The topological polar surface area (TPSA) is 24.7 Å². The Labute approximate surface area is 99.2 Å². The predicted molar refractivity (Wildman–Crippen MR) is 70.2 cm³/mol. The van der Waals surface area contributed by atoms with Crippen LogP contribution >= 0.6 is 0 Å². The molecule has 2 saturated carbocycles. The summed E-state index contributed by atoms with van der Waals surface area (Å²) in [7, 11) is 0. The van der Waals surface area contributed by atoms with E-state index in [1.165, 1.54) is 69.9 Å². The van der Waals surface area contributed by atoms with Crippen LogP contribution in [0.25, 0.3) is 0 Å². The summed E-state index contributed by atoms with van der Waals surface area (Å²) >= 11 is 0. The van der Waals surface area contributed by atoms with Crippen molar-refractivity contribution in [1.29, 1.82) is 0 Å². The molecule has 0 amide bonds. The van der Waals surface area contributed by atoms with E-state index in [9.17, 15) is 0 Å². The summed E-state index contributed by atoms with van der Waals surface area (Å²) in [5, 5.41) is 8.61. The summed E-state index contributed by atoms with van der Waals surface area (Å²) in [6.45, 7) is 0. The highest BCUT2D eigenvalue weighted by molar-refractivity contribution is 5.85. The maximum atomic E-state index is 4.35. The monoisotopic (exact) mass is 220 g/mol. The molecule has 2 aliphatic carbocycles. The van der Waals surface area contributed by atoms with Gasteiger partial charge in [0.05, 0.1) is 0 Å². The standard InChI is InChI=1S/C14H24N2/c1-3-7-13(8-4-1)11-12-15-16-14-9-5-2-6-10-14/h12-13H,1-11H2. The average Bonchev–Trinajstić information content (AvgIpc) is 2.37. The van der Waals surface area contributed by atoms with Gasteiger partial charge >= 0.3 is 0 Å². The third kappa shape index (κ3) is 4.07. The van der Waals surface area contributed by atoms with Crippen molar-refractivity contribution in [1.82, 2.24) is 0 Å². The number of hydrogen-bond acceptors (Lipinski definition) is 2. The molecular formula is C14H24N2. The molecule has 0 spiro atoms. The van der Waals surface area contributed by atoms with E-state index in [1.54, 1.807) is 0 Å². The molecule has 16 heavy (non-hydrogen) atoms. The van der Waals surface area contributed by atoms with E-state index in [0.29, 0.717) is 0 Å². The molecule has 2 heteroatoms. The van der Waals surface area contributed by atoms with Crippen molar-refractivity contribution >= 4 is 11.9 Å². The van der Waals surface area contributed by atoms with Gasteiger partial charge in [-0.15, -0.1) is 0 Å². The maximum absolute atomic E-state index is 4.35. The second kappa shape index (κ2) is 6.82. The van der Waals surface area contributed by atoms with E-state index in [4.69, 9.17) is 0 Å². The van der Waals surface area contributed by atoms with E-state index in [0.717, 1.165) is 12.3 Å². The van der Waals surface area contributed by atoms with Crippen molar-refractivity contribution in [3.8, 4) is 0 Å². The van der Waals surface area contributed by atoms with Gasteiger partial charge in [-0.3, -0.25) is 0 Å². The second-order valence-corrected chi connectivity index (χ2v) is 5.26. The smallest absolute Gasteiger partial charge is 0.0405 e. The molecule has 0 bridgehead atoms. The van der Waals surface area contributed by atoms with Gasteiger partial charge in [-0.1, -0.05) is 38.5 Å². The lowest BCUT2D eigenvalue weighted by Gasteiger charge is -2.19. The molecule has 0 saturated heterocycles. The highest BCUT2D eigenvalue weighted by Crippen LogP contribution is 2.25. The van der Waals surface area contributed by atoms with Crippen LogP contribution in [0.15, 0.2) is 10.2 Å². The highest BCUT2D eigenvalue weighted by atomic mass is 15.2. The Hall–Kier alpha value is -0.660. The van der Waals surface area contributed by atoms with Crippen LogP contribution < -0.4 is 0 Å². The van der Waals surface area contributed by atoms with Crippen molar-refractivity contribution in [2.24, 2.45) is 16.1 Å². The van der Waals surface area contributed by atoms with E-state index >= 15 is 0 Å². The van der Waals surface area contributed by atoms with Gasteiger partial charge in [-0.2, -0.15) is 10.2 Å². The normalized spacial score (nSPS) is 23.9. The molecule has 2 aliphatic rings. The molecular weight excluding hydrogens is 196 g/mol. The van der Waals surface area contributed by atoms with Gasteiger partial charge in [0.1, 0.15) is 0 Å². The zero-order chi connectivity index (χ0) is 11.1. The van der Waals surface area contributed by atoms with Gasteiger partial charge < -0.3 is 0 Å². The zero-order valence-electron chi connectivity index (χ0n) is 10.3. The first-order chi connectivity index (χ1) is 7.95. The van der Waals surface area contributed by atoms with E-state index in [2.05, 4.69) is 16.4 Å². The molecule has 0 radical (unpaired) electrons. The highest BCUT2D eigenvalue weighted by Gasteiger charge is 2.11. The Kier molecular flexibility index (Phi) is 5.04. The molecule has 2 nitrogen and oxygen atoms in total. The molecule has 0 heterocycles. The molecule has 0 aromatic heterocycles. The lowest BCUT2D eigenvalue weighted by Crippen LogP contribution is -2.06. The molecule has 0 aromatic carbocycles. The Balaban J connectivity index is 1.67.